The van der Waals surface area contributed by atoms with Crippen molar-refractivity contribution in [2.75, 3.05) is 6.61 Å². The topological polar surface area (TPSA) is 9.23 Å². The molecule has 0 rings (SSSR count). The molecule has 0 aromatic carbocycles. The van der Waals surface area contributed by atoms with Gasteiger partial charge in [-0.25, -0.2) is 0 Å². The molecule has 0 saturated heterocycles. The van der Waals surface area contributed by atoms with Crippen molar-refractivity contribution in [3.8, 4) is 0 Å². The van der Waals surface area contributed by atoms with Gasteiger partial charge in [0.2, 0.25) is 4.38 Å². The predicted molar refractivity (Wildman–Crippen MR) is 57.4 cm³/mol. The molecule has 0 N–H and O–H groups in total. The van der Waals surface area contributed by atoms with Crippen molar-refractivity contribution in [3.63, 3.8) is 0 Å². The average Bonchev–Trinajstić information content (AvgIpc) is 1.87. The van der Waals surface area contributed by atoms with E-state index in [4.69, 9.17) is 4.74 Å². The van der Waals surface area contributed by atoms with Crippen molar-refractivity contribution >= 4 is 80.6 Å². The minimum absolute atomic E-state index is 0. The predicted octanol–water partition coefficient (Wildman–Crippen LogP) is 2.42. The monoisotopic (exact) mass is 217 g/mol. The Hall–Kier alpha value is 1.88. The van der Waals surface area contributed by atoms with E-state index in [0.29, 0.717) is 4.38 Å². The van der Waals surface area contributed by atoms with Gasteiger partial charge in [-0.3, -0.25) is 0 Å². The molecular weight excluding hydrogens is 203 g/mol. The standard InChI is InChI=1S/C7H14OS2.K/c1-2-3-4-5-6-8-7(9)10;/h2-6H2,1H3,(H,9,10);. The van der Waals surface area contributed by atoms with Gasteiger partial charge < -0.3 is 4.74 Å². The van der Waals surface area contributed by atoms with Gasteiger partial charge in [0.25, 0.3) is 0 Å². The maximum Gasteiger partial charge on any atom is 0.216 e. The molecule has 0 unspecified atom stereocenters. The van der Waals surface area contributed by atoms with Crippen LogP contribution in [0.1, 0.15) is 32.6 Å². The molecule has 0 aromatic rings. The third-order valence-corrected chi connectivity index (χ3v) is 1.47. The van der Waals surface area contributed by atoms with Crippen LogP contribution >= 0.6 is 24.8 Å². The summed E-state index contributed by atoms with van der Waals surface area (Å²) in [6, 6.07) is 0. The van der Waals surface area contributed by atoms with E-state index in [1.54, 1.807) is 0 Å². The zero-order valence-corrected chi connectivity index (χ0v) is 12.1. The van der Waals surface area contributed by atoms with Crippen LogP contribution in [0.15, 0.2) is 0 Å². The van der Waals surface area contributed by atoms with E-state index in [9.17, 15) is 0 Å². The number of hydrogen-bond donors (Lipinski definition) is 1. The number of unbranched alkanes of at least 4 members (excludes halogenated alkanes) is 3. The van der Waals surface area contributed by atoms with Crippen LogP contribution in [0.5, 0.6) is 0 Å². The van der Waals surface area contributed by atoms with Crippen molar-refractivity contribution in [2.24, 2.45) is 0 Å². The Labute approximate surface area is 122 Å². The van der Waals surface area contributed by atoms with Crippen LogP contribution in [-0.2, 0) is 4.74 Å². The number of ether oxygens (including phenoxy) is 1. The first-order valence-electron chi connectivity index (χ1n) is 3.63. The molecule has 0 aliphatic carbocycles. The Kier molecular flexibility index (Phi) is 16.6. The summed E-state index contributed by atoms with van der Waals surface area (Å²) in [4.78, 5) is 0. The van der Waals surface area contributed by atoms with E-state index >= 15 is 0 Å². The zero-order chi connectivity index (χ0) is 7.82. The van der Waals surface area contributed by atoms with Crippen LogP contribution in [0.3, 0.4) is 0 Å². The summed E-state index contributed by atoms with van der Waals surface area (Å²) in [5, 5.41) is 0. The summed E-state index contributed by atoms with van der Waals surface area (Å²) in [6.07, 6.45) is 4.86. The molecular formula is C7H14KOS2. The van der Waals surface area contributed by atoms with Gasteiger partial charge in [0.05, 0.1) is 6.61 Å². The Morgan fingerprint density at radius 2 is 2.00 bits per heavy atom. The molecule has 0 aliphatic heterocycles. The molecule has 0 atom stereocenters. The van der Waals surface area contributed by atoms with Crippen molar-refractivity contribution in [3.05, 3.63) is 0 Å². The van der Waals surface area contributed by atoms with Gasteiger partial charge in [0.1, 0.15) is 0 Å². The van der Waals surface area contributed by atoms with Gasteiger partial charge in [-0.1, -0.05) is 38.8 Å². The molecule has 0 fully saturated rings. The molecule has 0 amide bonds. The fourth-order valence-electron chi connectivity index (χ4n) is 0.688. The molecule has 0 aliphatic rings. The third kappa shape index (κ3) is 14.7. The van der Waals surface area contributed by atoms with Crippen LogP contribution in [0.2, 0.25) is 0 Å². The Balaban J connectivity index is 0. The average molecular weight is 217 g/mol. The van der Waals surface area contributed by atoms with Crippen LogP contribution in [0, 0.1) is 0 Å². The van der Waals surface area contributed by atoms with E-state index in [1.807, 2.05) is 0 Å². The van der Waals surface area contributed by atoms with Crippen molar-refractivity contribution in [2.45, 2.75) is 32.6 Å². The van der Waals surface area contributed by atoms with Crippen molar-refractivity contribution in [1.82, 2.24) is 0 Å². The fourth-order valence-corrected chi connectivity index (χ4v) is 0.863. The Morgan fingerprint density at radius 3 is 2.45 bits per heavy atom. The van der Waals surface area contributed by atoms with E-state index in [-0.39, 0.29) is 51.4 Å². The van der Waals surface area contributed by atoms with Gasteiger partial charge in [-0.2, -0.15) is 0 Å². The summed E-state index contributed by atoms with van der Waals surface area (Å²) >= 11 is 8.45. The van der Waals surface area contributed by atoms with Crippen molar-refractivity contribution in [1.29, 1.82) is 0 Å². The fraction of sp³-hybridized carbons (Fsp3) is 0.857. The minimum Gasteiger partial charge on any atom is -0.479 e. The summed E-state index contributed by atoms with van der Waals surface area (Å²) in [5.41, 5.74) is 0. The van der Waals surface area contributed by atoms with Gasteiger partial charge in [-0.05, 0) is 18.6 Å². The van der Waals surface area contributed by atoms with Crippen LogP contribution in [0.25, 0.3) is 0 Å². The summed E-state index contributed by atoms with van der Waals surface area (Å²) in [6.45, 7) is 2.91. The maximum absolute atomic E-state index is 4.98. The van der Waals surface area contributed by atoms with E-state index in [1.165, 1.54) is 19.3 Å². The molecule has 0 aromatic heterocycles. The molecule has 4 heteroatoms. The van der Waals surface area contributed by atoms with Gasteiger partial charge >= 0.3 is 0 Å². The molecule has 0 heterocycles. The minimum atomic E-state index is 0. The first-order valence-corrected chi connectivity index (χ1v) is 4.48. The second kappa shape index (κ2) is 11.9. The number of thiol groups is 1. The Morgan fingerprint density at radius 1 is 1.36 bits per heavy atom. The second-order valence-electron chi connectivity index (χ2n) is 2.18. The summed E-state index contributed by atoms with van der Waals surface area (Å²) in [7, 11) is 0. The van der Waals surface area contributed by atoms with Crippen molar-refractivity contribution < 1.29 is 4.74 Å². The SMILES string of the molecule is CCCCCCOC(=S)S.[K]. The summed E-state index contributed by atoms with van der Waals surface area (Å²) in [5.74, 6) is 0. The summed E-state index contributed by atoms with van der Waals surface area (Å²) < 4.78 is 5.34. The van der Waals surface area contributed by atoms with Crippen LogP contribution < -0.4 is 0 Å². The smallest absolute Gasteiger partial charge is 0.216 e. The van der Waals surface area contributed by atoms with Crippen LogP contribution in [-0.4, -0.2) is 62.4 Å². The molecule has 0 bridgehead atoms. The van der Waals surface area contributed by atoms with E-state index in [2.05, 4.69) is 31.8 Å². The molecule has 1 nitrogen and oxygen atoms in total. The number of thiocarbonyl (C=S) groups is 1. The molecule has 61 valence electrons. The molecule has 11 heavy (non-hydrogen) atoms. The largest absolute Gasteiger partial charge is 0.479 e. The first-order chi connectivity index (χ1) is 4.77. The van der Waals surface area contributed by atoms with Gasteiger partial charge in [0, 0.05) is 51.4 Å². The molecule has 1 radical (unpaired) electrons. The van der Waals surface area contributed by atoms with Gasteiger partial charge in [-0.15, -0.1) is 0 Å². The van der Waals surface area contributed by atoms with Gasteiger partial charge in [0.15, 0.2) is 0 Å². The molecule has 0 saturated carbocycles. The van der Waals surface area contributed by atoms with E-state index in [0.717, 1.165) is 13.0 Å². The third-order valence-electron chi connectivity index (χ3n) is 1.22. The van der Waals surface area contributed by atoms with E-state index < -0.39 is 0 Å². The number of rotatable bonds is 5. The normalized spacial score (nSPS) is 8.55. The zero-order valence-electron chi connectivity index (χ0n) is 7.30. The Bertz CT molecular complexity index is 98.4. The van der Waals surface area contributed by atoms with Crippen LogP contribution in [0.4, 0.5) is 0 Å². The molecule has 0 spiro atoms. The number of hydrogen-bond acceptors (Lipinski definition) is 2. The maximum atomic E-state index is 4.98. The second-order valence-corrected chi connectivity index (χ2v) is 3.25. The first kappa shape index (κ1) is 15.4. The quantitative estimate of drug-likeness (QED) is 0.328.